The van der Waals surface area contributed by atoms with Gasteiger partial charge in [-0.3, -0.25) is 4.90 Å². The van der Waals surface area contributed by atoms with Gasteiger partial charge in [0.25, 0.3) is 0 Å². The molecule has 0 spiro atoms. The zero-order valence-electron chi connectivity index (χ0n) is 25.5. The smallest absolute Gasteiger partial charge is 0.347 e. The van der Waals surface area contributed by atoms with Crippen LogP contribution in [0.15, 0.2) is 116 Å². The SMILES string of the molecule is Cc1ccc(C(c2cnc[nH]2)N2CCC(N(Cc3cccc(-c4ccccc4)c3)C(=O)Nc3ccccc3)CC2)cc1C(F)(F)F. The fourth-order valence-corrected chi connectivity index (χ4v) is 6.33. The predicted octanol–water partition coefficient (Wildman–Crippen LogP) is 8.69. The Bertz CT molecular complexity index is 1730. The van der Waals surface area contributed by atoms with Gasteiger partial charge >= 0.3 is 12.2 Å². The van der Waals surface area contributed by atoms with Crippen molar-refractivity contribution in [3.8, 4) is 11.1 Å². The number of benzene rings is 4. The average molecular weight is 624 g/mol. The minimum absolute atomic E-state index is 0.0773. The van der Waals surface area contributed by atoms with E-state index in [0.29, 0.717) is 43.7 Å². The van der Waals surface area contributed by atoms with Crippen molar-refractivity contribution in [2.75, 3.05) is 18.4 Å². The van der Waals surface area contributed by atoms with Crippen molar-refractivity contribution in [3.05, 3.63) is 144 Å². The molecule has 1 saturated heterocycles. The third-order valence-electron chi connectivity index (χ3n) is 8.67. The molecule has 46 heavy (non-hydrogen) atoms. The third-order valence-corrected chi connectivity index (χ3v) is 8.67. The highest BCUT2D eigenvalue weighted by atomic mass is 19.4. The normalized spacial score (nSPS) is 15.0. The number of H-pyrrole nitrogens is 1. The summed E-state index contributed by atoms with van der Waals surface area (Å²) in [6.45, 7) is 3.07. The van der Waals surface area contributed by atoms with Gasteiger partial charge in [-0.1, -0.05) is 78.9 Å². The standard InChI is InChI=1S/C37H36F3N5O/c1-26-15-16-30(22-33(26)37(38,39)40)35(34-23-41-25-42-34)44-19-17-32(18-20-44)45(36(46)43-31-13-6-3-7-14-31)24-27-9-8-12-29(21-27)28-10-4-2-5-11-28/h2-16,21-23,25,32,35H,17-20,24H2,1H3,(H,41,42)(H,43,46). The Morgan fingerprint density at radius 2 is 1.63 bits per heavy atom. The van der Waals surface area contributed by atoms with E-state index < -0.39 is 17.8 Å². The molecule has 4 aromatic carbocycles. The fraction of sp³-hybridized carbons (Fsp3) is 0.243. The lowest BCUT2D eigenvalue weighted by molar-refractivity contribution is -0.138. The lowest BCUT2D eigenvalue weighted by Crippen LogP contribution is -2.49. The summed E-state index contributed by atoms with van der Waals surface area (Å²) in [6, 6.07) is 31.6. The van der Waals surface area contributed by atoms with E-state index in [0.717, 1.165) is 22.4 Å². The van der Waals surface area contributed by atoms with Gasteiger partial charge in [-0.25, -0.2) is 9.78 Å². The second kappa shape index (κ2) is 13.6. The second-order valence-corrected chi connectivity index (χ2v) is 11.7. The summed E-state index contributed by atoms with van der Waals surface area (Å²) in [5, 5.41) is 3.07. The zero-order chi connectivity index (χ0) is 32.1. The number of nitrogens with zero attached hydrogens (tertiary/aromatic N) is 3. The third kappa shape index (κ3) is 7.15. The van der Waals surface area contributed by atoms with Gasteiger partial charge < -0.3 is 15.2 Å². The number of para-hydroxylation sites is 1. The minimum Gasteiger partial charge on any atom is -0.347 e. The summed E-state index contributed by atoms with van der Waals surface area (Å²) >= 11 is 0. The molecule has 2 amide bonds. The molecule has 0 bridgehead atoms. The lowest BCUT2D eigenvalue weighted by Gasteiger charge is -2.41. The first-order valence-corrected chi connectivity index (χ1v) is 15.4. The number of urea groups is 1. The summed E-state index contributed by atoms with van der Waals surface area (Å²) in [6.07, 6.45) is 0.0822. The molecule has 1 aliphatic rings. The van der Waals surface area contributed by atoms with Crippen molar-refractivity contribution in [1.29, 1.82) is 0 Å². The van der Waals surface area contributed by atoms with E-state index in [9.17, 15) is 18.0 Å². The maximum Gasteiger partial charge on any atom is 0.416 e. The quantitative estimate of drug-likeness (QED) is 0.182. The van der Waals surface area contributed by atoms with Crippen LogP contribution >= 0.6 is 0 Å². The number of aryl methyl sites for hydroxylation is 1. The Labute approximate surface area is 266 Å². The van der Waals surface area contributed by atoms with E-state index in [2.05, 4.69) is 44.5 Å². The molecule has 1 aromatic heterocycles. The molecular weight excluding hydrogens is 587 g/mol. The molecule has 0 aliphatic carbocycles. The number of piperidine rings is 1. The van der Waals surface area contributed by atoms with Crippen LogP contribution in [0.3, 0.4) is 0 Å². The number of amides is 2. The van der Waals surface area contributed by atoms with Crippen molar-refractivity contribution in [3.63, 3.8) is 0 Å². The number of anilines is 1. The summed E-state index contributed by atoms with van der Waals surface area (Å²) < 4.78 is 41.6. The van der Waals surface area contributed by atoms with E-state index in [1.165, 1.54) is 19.1 Å². The number of carbonyl (C=O) groups excluding carboxylic acids is 1. The number of alkyl halides is 3. The molecular formula is C37H36F3N5O. The molecule has 1 fully saturated rings. The first kappa shape index (κ1) is 31.1. The summed E-state index contributed by atoms with van der Waals surface area (Å²) in [5.41, 5.74) is 4.75. The van der Waals surface area contributed by atoms with Gasteiger partial charge in [-0.2, -0.15) is 13.2 Å². The topological polar surface area (TPSA) is 64.3 Å². The monoisotopic (exact) mass is 623 g/mol. The number of aromatic amines is 1. The molecule has 2 N–H and O–H groups in total. The maximum atomic E-state index is 13.9. The van der Waals surface area contributed by atoms with Crippen LogP contribution in [0.1, 0.15) is 46.8 Å². The van der Waals surface area contributed by atoms with Crippen LogP contribution in [0, 0.1) is 6.92 Å². The molecule has 0 saturated carbocycles. The number of nitrogens with one attached hydrogen (secondary N) is 2. The number of hydrogen-bond donors (Lipinski definition) is 2. The Balaban J connectivity index is 1.25. The van der Waals surface area contributed by atoms with E-state index in [4.69, 9.17) is 0 Å². The van der Waals surface area contributed by atoms with Crippen LogP contribution < -0.4 is 5.32 Å². The zero-order valence-corrected chi connectivity index (χ0v) is 25.5. The predicted molar refractivity (Wildman–Crippen MR) is 174 cm³/mol. The molecule has 6 rings (SSSR count). The van der Waals surface area contributed by atoms with Crippen molar-refractivity contribution in [1.82, 2.24) is 19.8 Å². The molecule has 0 radical (unpaired) electrons. The van der Waals surface area contributed by atoms with Gasteiger partial charge in [0.1, 0.15) is 0 Å². The minimum atomic E-state index is -4.45. The van der Waals surface area contributed by atoms with Crippen molar-refractivity contribution < 1.29 is 18.0 Å². The molecule has 6 nitrogen and oxygen atoms in total. The van der Waals surface area contributed by atoms with Crippen LogP contribution in [-0.2, 0) is 12.7 Å². The highest BCUT2D eigenvalue weighted by Gasteiger charge is 2.36. The highest BCUT2D eigenvalue weighted by Crippen LogP contribution is 2.37. The molecule has 2 heterocycles. The molecule has 5 aromatic rings. The van der Waals surface area contributed by atoms with E-state index in [1.54, 1.807) is 18.6 Å². The number of imidazole rings is 1. The molecule has 1 unspecified atom stereocenters. The van der Waals surface area contributed by atoms with Crippen LogP contribution in [-0.4, -0.2) is 44.9 Å². The van der Waals surface area contributed by atoms with Crippen LogP contribution in [0.5, 0.6) is 0 Å². The Morgan fingerprint density at radius 3 is 2.30 bits per heavy atom. The molecule has 1 atom stereocenters. The number of aromatic nitrogens is 2. The fourth-order valence-electron chi connectivity index (χ4n) is 6.33. The van der Waals surface area contributed by atoms with Gasteiger partial charge in [0.15, 0.2) is 0 Å². The molecule has 9 heteroatoms. The largest absolute Gasteiger partial charge is 0.416 e. The second-order valence-electron chi connectivity index (χ2n) is 11.7. The number of rotatable bonds is 8. The number of hydrogen-bond acceptors (Lipinski definition) is 3. The Morgan fingerprint density at radius 1 is 0.935 bits per heavy atom. The Hall–Kier alpha value is -4.89. The van der Waals surface area contributed by atoms with Gasteiger partial charge in [0.2, 0.25) is 0 Å². The van der Waals surface area contributed by atoms with Crippen molar-refractivity contribution >= 4 is 11.7 Å². The number of likely N-dealkylation sites (tertiary alicyclic amines) is 1. The van der Waals surface area contributed by atoms with Gasteiger partial charge in [0, 0.05) is 37.6 Å². The van der Waals surface area contributed by atoms with E-state index in [-0.39, 0.29) is 17.6 Å². The van der Waals surface area contributed by atoms with Crippen molar-refractivity contribution in [2.45, 2.75) is 44.6 Å². The van der Waals surface area contributed by atoms with Crippen LogP contribution in [0.2, 0.25) is 0 Å². The molecule has 236 valence electrons. The van der Waals surface area contributed by atoms with Gasteiger partial charge in [-0.15, -0.1) is 0 Å². The first-order chi connectivity index (χ1) is 22.3. The number of halogens is 3. The molecule has 1 aliphatic heterocycles. The van der Waals surface area contributed by atoms with Gasteiger partial charge in [-0.05, 0) is 71.8 Å². The summed E-state index contributed by atoms with van der Waals surface area (Å²) in [4.78, 5) is 25.2. The van der Waals surface area contributed by atoms with E-state index in [1.807, 2.05) is 65.6 Å². The average Bonchev–Trinajstić information content (AvgIpc) is 3.60. The lowest BCUT2D eigenvalue weighted by atomic mass is 9.94. The highest BCUT2D eigenvalue weighted by molar-refractivity contribution is 5.89. The summed E-state index contributed by atoms with van der Waals surface area (Å²) in [7, 11) is 0. The first-order valence-electron chi connectivity index (χ1n) is 15.4. The maximum absolute atomic E-state index is 13.9. The van der Waals surface area contributed by atoms with Crippen LogP contribution in [0.25, 0.3) is 11.1 Å². The van der Waals surface area contributed by atoms with Crippen LogP contribution in [0.4, 0.5) is 23.7 Å². The summed E-state index contributed by atoms with van der Waals surface area (Å²) in [5.74, 6) is 0. The van der Waals surface area contributed by atoms with E-state index >= 15 is 0 Å². The van der Waals surface area contributed by atoms with Crippen molar-refractivity contribution in [2.24, 2.45) is 0 Å². The van der Waals surface area contributed by atoms with Gasteiger partial charge in [0.05, 0.1) is 23.6 Å². The number of carbonyl (C=O) groups is 1. The Kier molecular flexibility index (Phi) is 9.21.